The zero-order valence-corrected chi connectivity index (χ0v) is 65.1. The topological polar surface area (TPSA) is 502 Å². The van der Waals surface area contributed by atoms with Gasteiger partial charge in [-0.3, -0.25) is 68.4 Å². The molecule has 0 saturated carbocycles. The van der Waals surface area contributed by atoms with Crippen molar-refractivity contribution < 1.29 is 57.5 Å². The maximum atomic E-state index is 15.8. The number of unbranched alkanes of at least 4 members (excludes halogenated alkanes) is 1. The lowest BCUT2D eigenvalue weighted by atomic mass is 9.82. The predicted molar refractivity (Wildman–Crippen MR) is 433 cm³/mol. The van der Waals surface area contributed by atoms with Crippen LogP contribution in [0.3, 0.4) is 0 Å². The van der Waals surface area contributed by atoms with Gasteiger partial charge in [0.05, 0.1) is 41.8 Å². The number of aromatic nitrogens is 6. The summed E-state index contributed by atoms with van der Waals surface area (Å²) in [6, 6.07) is 20.4. The number of para-hydroxylation sites is 2. The molecule has 602 valence electrons. The molecule has 10 rings (SSSR count). The fourth-order valence-corrected chi connectivity index (χ4v) is 16.6. The van der Waals surface area contributed by atoms with Gasteiger partial charge in [0.1, 0.15) is 59.6 Å². The Kier molecular flexibility index (Phi) is 31.0. The second kappa shape index (κ2) is 41.7. The summed E-state index contributed by atoms with van der Waals surface area (Å²) in [6.07, 6.45) is 7.36. The summed E-state index contributed by atoms with van der Waals surface area (Å²) >= 11 is 0. The van der Waals surface area contributed by atoms with Gasteiger partial charge in [0.15, 0.2) is 11.7 Å². The molecule has 2 aliphatic rings. The molecule has 8 aromatic rings. The molecule has 12 atom stereocenters. The monoisotopic (exact) mass is 1590 g/mol. The van der Waals surface area contributed by atoms with Crippen molar-refractivity contribution in [3.8, 4) is 0 Å². The number of amidine groups is 1. The molecule has 2 saturated heterocycles. The van der Waals surface area contributed by atoms with E-state index in [1.807, 2.05) is 36.4 Å². The summed E-state index contributed by atoms with van der Waals surface area (Å²) < 4.78 is 0. The fraction of sp³-hybridized carbons (Fsp3) is 0.407. The van der Waals surface area contributed by atoms with E-state index < -0.39 is 168 Å². The van der Waals surface area contributed by atoms with Gasteiger partial charge in [-0.15, -0.1) is 0 Å². The number of hydrogen-bond donors (Lipinski definition) is 17. The third-order valence-electron chi connectivity index (χ3n) is 20.5. The van der Waals surface area contributed by atoms with Crippen molar-refractivity contribution in [1.82, 2.24) is 77.8 Å². The molecule has 0 unspecified atom stereocenters. The minimum Gasteiger partial charge on any atom is -0.388 e. The number of carbonyl (C=O) groups is 12. The molecule has 2 bridgehead atoms. The van der Waals surface area contributed by atoms with E-state index in [1.54, 1.807) is 91.4 Å². The first-order valence-electron chi connectivity index (χ1n) is 38.2. The van der Waals surface area contributed by atoms with E-state index in [9.17, 15) is 9.59 Å². The van der Waals surface area contributed by atoms with Gasteiger partial charge in [-0.2, -0.15) is 0 Å². The van der Waals surface area contributed by atoms with Crippen LogP contribution in [0.25, 0.3) is 21.8 Å². The van der Waals surface area contributed by atoms with E-state index in [0.717, 1.165) is 32.5 Å². The van der Waals surface area contributed by atoms with E-state index >= 15 is 47.9 Å². The van der Waals surface area contributed by atoms with E-state index in [4.69, 9.17) is 22.3 Å². The van der Waals surface area contributed by atoms with E-state index in [0.29, 0.717) is 51.0 Å². The second-order valence-electron chi connectivity index (χ2n) is 29.2. The molecule has 0 spiro atoms. The normalized spacial score (nSPS) is 23.7. The molecule has 6 heterocycles. The Morgan fingerprint density at radius 3 is 1.52 bits per heavy atom. The van der Waals surface area contributed by atoms with Gasteiger partial charge < -0.3 is 79.3 Å². The van der Waals surface area contributed by atoms with Crippen LogP contribution in [-0.4, -0.2) is 178 Å². The number of H-pyrrole nitrogens is 4. The number of amides is 8. The molecule has 31 nitrogen and oxygen atoms in total. The smallest absolute Gasteiger partial charge is 0.244 e. The molecular formula is C81H99N19O12S2. The minimum atomic E-state index is -1.59. The van der Waals surface area contributed by atoms with Gasteiger partial charge >= 0.3 is 0 Å². The average molecular weight is 1590 g/mol. The van der Waals surface area contributed by atoms with E-state index in [-0.39, 0.29) is 100 Å². The fourth-order valence-electron chi connectivity index (χ4n) is 14.1. The number of aromatic amines is 4. The zero-order chi connectivity index (χ0) is 81.2. The van der Waals surface area contributed by atoms with Crippen LogP contribution in [0.1, 0.15) is 112 Å². The molecule has 8 amide bonds. The van der Waals surface area contributed by atoms with Crippen molar-refractivity contribution in [2.75, 3.05) is 18.1 Å². The Morgan fingerprint density at radius 2 is 0.930 bits per heavy atom. The lowest BCUT2D eigenvalue weighted by molar-refractivity contribution is -0.136. The Bertz CT molecular complexity index is 4400. The van der Waals surface area contributed by atoms with Crippen molar-refractivity contribution in [1.29, 1.82) is 10.8 Å². The third-order valence-corrected chi connectivity index (χ3v) is 23.0. The Labute approximate surface area is 666 Å². The van der Waals surface area contributed by atoms with Crippen LogP contribution >= 0.6 is 21.6 Å². The average Bonchev–Trinajstić information content (AvgIpc) is 1.66. The van der Waals surface area contributed by atoms with Crippen molar-refractivity contribution in [3.05, 3.63) is 180 Å². The van der Waals surface area contributed by atoms with Crippen molar-refractivity contribution in [2.24, 2.45) is 35.1 Å². The molecule has 33 heteroatoms. The largest absolute Gasteiger partial charge is 0.388 e. The van der Waals surface area contributed by atoms with Crippen LogP contribution < -0.4 is 59.3 Å². The van der Waals surface area contributed by atoms with Gasteiger partial charge in [-0.25, -0.2) is 9.97 Å². The zero-order valence-electron chi connectivity index (χ0n) is 63.5. The first-order chi connectivity index (χ1) is 54.9. The number of nitrogens with two attached hydrogens (primary N) is 2. The summed E-state index contributed by atoms with van der Waals surface area (Å²) in [5, 5.41) is 42.5. The Hall–Kier alpha value is -11.7. The molecule has 0 radical (unpaired) electrons. The van der Waals surface area contributed by atoms with E-state index in [1.165, 1.54) is 32.7 Å². The van der Waals surface area contributed by atoms with Crippen LogP contribution in [-0.2, 0) is 96.1 Å². The summed E-state index contributed by atoms with van der Waals surface area (Å²) in [5.41, 5.74) is 16.0. The second-order valence-corrected chi connectivity index (χ2v) is 31.7. The van der Waals surface area contributed by atoms with Crippen LogP contribution in [0.4, 0.5) is 0 Å². The SMILES string of the molecule is C[C@H]1CC(=O)[C@@H]2CSSC[C@H](NC(=O)[C@H](Cc3c[nH]c4ccccc34)NC(=O)[C@H](CCCNC(=N)N)NC(=O)[C@@H](Cc3ccccc3)NC(=O)[C@H](Cc3c[nH]cn3)CC1=O)C(=O)N[C@H](C)C(=O)N[C@@H](Cc1c[nH]cn1)C(=O)N[C@H](Cc1ccccc1)C(=O)N[C@@H](CCCCC(=N)N)C(=O)C[C@@H](Cc1c[nH]c3ccccc13)C(=O)C2. The first-order valence-corrected chi connectivity index (χ1v) is 40.7. The number of imidazole rings is 2. The third kappa shape index (κ3) is 24.9. The molecular weight excluding hydrogens is 1500 g/mol. The predicted octanol–water partition coefficient (Wildman–Crippen LogP) is 4.24. The number of ketones is 4. The number of rotatable bonds is 21. The highest BCUT2D eigenvalue weighted by atomic mass is 33.1. The summed E-state index contributed by atoms with van der Waals surface area (Å²) in [7, 11) is 2.08. The van der Waals surface area contributed by atoms with Gasteiger partial charge in [-0.05, 0) is 73.4 Å². The van der Waals surface area contributed by atoms with Crippen molar-refractivity contribution >= 4 is 126 Å². The standard InChI is InChI=1S/C81H99N19O12S2/c1-46-28-69(102)54-36-70(103)50(31-52-38-89-59-22-11-9-20-57(52)59)34-71(104)61(24-13-14-26-72(82)83)94-76(108)64(30-49-18-7-4-8-19-49)98-79(111)66(37-56-41-87-45-92-56)96-73(105)47(2)93-80(112)67(43-114-113-42-54)100-78(110)65(33-53-39-90-60-23-12-10-21-58(53)60)99-75(107)62(25-15-27-88-81(84)85)95-77(109)63(29-48-16-5-3-6-17-48)97-74(106)51(35-68(46)101)32-55-40-86-44-91-55/h3-12,16-23,38-41,44-47,50-51,54,61-67,89-90H,13-15,24-37,42-43H2,1-2H3,(H3,82,83)(H,86,91)(H,87,92)(H,93,112)(H,94,108)(H,95,109)(H,96,105)(H,97,106)(H,98,111)(H,99,107)(H,100,110)(H4,84,85,88)/t46-,47+,50+,51+,54-,61-,62-,63+,64+,65-,66-,67-/m0/s1. The molecule has 4 aromatic carbocycles. The lowest BCUT2D eigenvalue weighted by Crippen LogP contribution is -2.61. The summed E-state index contributed by atoms with van der Waals surface area (Å²) in [4.78, 5) is 204. The highest BCUT2D eigenvalue weighted by Crippen LogP contribution is 2.32. The molecule has 4 aromatic heterocycles. The minimum absolute atomic E-state index is 0.0113. The van der Waals surface area contributed by atoms with Crippen LogP contribution in [0.15, 0.2) is 147 Å². The highest BCUT2D eigenvalue weighted by molar-refractivity contribution is 8.76. The maximum Gasteiger partial charge on any atom is 0.244 e. The van der Waals surface area contributed by atoms with Crippen LogP contribution in [0.5, 0.6) is 0 Å². The van der Waals surface area contributed by atoms with E-state index in [2.05, 4.69) is 77.8 Å². The highest BCUT2D eigenvalue weighted by Gasteiger charge is 2.39. The number of guanidine groups is 1. The molecule has 0 aliphatic carbocycles. The van der Waals surface area contributed by atoms with Gasteiger partial charge in [-0.1, -0.05) is 132 Å². The van der Waals surface area contributed by atoms with Crippen LogP contribution in [0, 0.1) is 34.5 Å². The quantitative estimate of drug-likeness (QED) is 0.0207. The molecule has 2 aliphatic heterocycles. The number of nitrogens with one attached hydrogen (secondary N) is 15. The molecule has 114 heavy (non-hydrogen) atoms. The molecule has 2 fully saturated rings. The first kappa shape index (κ1) is 84.7. The number of Topliss-reactive ketones (excluding diaryl/α,β-unsaturated/α-hetero) is 4. The number of hydrogen-bond acceptors (Lipinski definition) is 18. The summed E-state index contributed by atoms with van der Waals surface area (Å²) in [6.45, 7) is 2.95. The van der Waals surface area contributed by atoms with Gasteiger partial charge in [0.25, 0.3) is 0 Å². The number of fused-ring (bicyclic) bond motifs is 7. The van der Waals surface area contributed by atoms with Crippen molar-refractivity contribution in [3.63, 3.8) is 0 Å². The number of benzene rings is 4. The molecule has 19 N–H and O–H groups in total. The van der Waals surface area contributed by atoms with Gasteiger partial charge in [0, 0.05) is 147 Å². The summed E-state index contributed by atoms with van der Waals surface area (Å²) in [5.74, 6) is -14.6. The van der Waals surface area contributed by atoms with Gasteiger partial charge in [0.2, 0.25) is 47.3 Å². The number of carbonyl (C=O) groups excluding carboxylic acids is 12. The van der Waals surface area contributed by atoms with Crippen LogP contribution in [0.2, 0.25) is 0 Å². The lowest BCUT2D eigenvalue weighted by Gasteiger charge is -2.28. The Balaban J connectivity index is 1.08. The Morgan fingerprint density at radius 1 is 0.439 bits per heavy atom. The number of nitrogens with zero attached hydrogens (tertiary/aromatic N) is 2. The maximum absolute atomic E-state index is 15.8. The van der Waals surface area contributed by atoms with Crippen molar-refractivity contribution in [2.45, 2.75) is 165 Å².